The molecule has 4 atom stereocenters. The minimum atomic E-state index is -1.32. The molecule has 0 radical (unpaired) electrons. The highest BCUT2D eigenvalue weighted by atomic mass is 32.1. The van der Waals surface area contributed by atoms with Gasteiger partial charge in [0.1, 0.15) is 30.2 Å². The number of aliphatic hydroxyl groups is 3. The first-order chi connectivity index (χ1) is 10.5. The van der Waals surface area contributed by atoms with E-state index in [1.165, 1.54) is 11.1 Å². The molecule has 0 amide bonds. The lowest BCUT2D eigenvalue weighted by Gasteiger charge is -2.16. The van der Waals surface area contributed by atoms with Gasteiger partial charge in [0.15, 0.2) is 0 Å². The summed E-state index contributed by atoms with van der Waals surface area (Å²) in [5.74, 6) is 0.344. The van der Waals surface area contributed by atoms with E-state index in [2.05, 4.69) is 27.6 Å². The minimum Gasteiger partial charge on any atom is -0.394 e. The number of anilines is 1. The molecule has 3 heterocycles. The van der Waals surface area contributed by atoms with Crippen molar-refractivity contribution >= 4 is 29.7 Å². The van der Waals surface area contributed by atoms with E-state index in [1.54, 1.807) is 0 Å². The number of ether oxygens (including phenoxy) is 1. The van der Waals surface area contributed by atoms with Crippen LogP contribution >= 0.6 is 12.6 Å². The van der Waals surface area contributed by atoms with Gasteiger partial charge in [-0.15, -0.1) is 4.73 Å². The Morgan fingerprint density at radius 2 is 2.14 bits per heavy atom. The Bertz CT molecular complexity index is 682. The lowest BCUT2D eigenvalue weighted by atomic mass is 10.1. The number of thiol groups is 1. The first kappa shape index (κ1) is 15.2. The third-order valence-corrected chi connectivity index (χ3v) is 3.62. The van der Waals surface area contributed by atoms with Crippen molar-refractivity contribution in [2.24, 2.45) is 0 Å². The third kappa shape index (κ3) is 2.46. The fraction of sp³-hybridized carbons (Fsp3) is 0.545. The second-order valence-corrected chi connectivity index (χ2v) is 5.06. The van der Waals surface area contributed by atoms with Crippen LogP contribution in [0.25, 0.3) is 11.2 Å². The molecule has 0 aromatic carbocycles. The second-order valence-electron chi connectivity index (χ2n) is 4.74. The predicted molar refractivity (Wildman–Crippen MR) is 76.8 cm³/mol. The van der Waals surface area contributed by atoms with Crippen LogP contribution in [-0.4, -0.2) is 66.2 Å². The Kier molecular flexibility index (Phi) is 4.06. The summed E-state index contributed by atoms with van der Waals surface area (Å²) in [6.45, 7) is -0.443. The molecule has 2 aromatic rings. The van der Waals surface area contributed by atoms with Gasteiger partial charge >= 0.3 is 0 Å². The molecule has 0 spiro atoms. The van der Waals surface area contributed by atoms with Gasteiger partial charge in [0.05, 0.1) is 12.3 Å². The van der Waals surface area contributed by atoms with Crippen molar-refractivity contribution < 1.29 is 24.9 Å². The second kappa shape index (κ2) is 5.85. The Hall–Kier alpha value is -1.66. The molecule has 3 rings (SSSR count). The van der Waals surface area contributed by atoms with E-state index in [1.807, 2.05) is 0 Å². The van der Waals surface area contributed by atoms with E-state index < -0.39 is 31.2 Å². The van der Waals surface area contributed by atoms with Crippen LogP contribution in [0.15, 0.2) is 6.33 Å². The van der Waals surface area contributed by atoms with Gasteiger partial charge in [0.25, 0.3) is 6.29 Å². The minimum absolute atomic E-state index is 0.0306. The molecule has 11 heteroatoms. The number of hydrogen-bond acceptors (Lipinski definition) is 10. The smallest absolute Gasteiger partial charge is 0.254 e. The van der Waals surface area contributed by atoms with Crippen molar-refractivity contribution in [3.63, 3.8) is 0 Å². The van der Waals surface area contributed by atoms with Crippen molar-refractivity contribution in [3.8, 4) is 0 Å². The molecule has 5 N–H and O–H groups in total. The molecule has 1 aliphatic heterocycles. The highest BCUT2D eigenvalue weighted by molar-refractivity contribution is 7.79. The third-order valence-electron chi connectivity index (χ3n) is 3.32. The highest BCUT2D eigenvalue weighted by Crippen LogP contribution is 2.22. The van der Waals surface area contributed by atoms with Crippen LogP contribution in [0.5, 0.6) is 0 Å². The molecule has 120 valence electrons. The van der Waals surface area contributed by atoms with E-state index in [0.717, 1.165) is 0 Å². The number of aliphatic hydroxyl groups excluding tert-OH is 3. The van der Waals surface area contributed by atoms with Crippen LogP contribution in [-0.2, 0) is 10.5 Å². The van der Waals surface area contributed by atoms with Gasteiger partial charge in [-0.25, -0.2) is 9.97 Å². The van der Waals surface area contributed by atoms with Crippen molar-refractivity contribution in [2.75, 3.05) is 12.3 Å². The van der Waals surface area contributed by atoms with Gasteiger partial charge in [-0.2, -0.15) is 17.6 Å². The van der Waals surface area contributed by atoms with Crippen molar-refractivity contribution in [2.45, 2.75) is 30.4 Å². The summed E-state index contributed by atoms with van der Waals surface area (Å²) in [6.07, 6.45) is -3.36. The Labute approximate surface area is 129 Å². The number of aromatic nitrogens is 4. The number of nitrogen functional groups attached to an aromatic ring is 1. The SMILES string of the molecule is Nc1nc(CS)c2ncn(O[C@@H]3O[C@H](CO)[C@@H](O)[C@H]3O)c2n1. The fourth-order valence-electron chi connectivity index (χ4n) is 2.21. The number of rotatable bonds is 4. The molecule has 22 heavy (non-hydrogen) atoms. The first-order valence-corrected chi connectivity index (χ1v) is 7.08. The van der Waals surface area contributed by atoms with Crippen LogP contribution in [0.4, 0.5) is 5.95 Å². The average Bonchev–Trinajstić information content (AvgIpc) is 3.03. The Morgan fingerprint density at radius 1 is 1.36 bits per heavy atom. The fourth-order valence-corrected chi connectivity index (χ4v) is 2.43. The maximum absolute atomic E-state index is 9.87. The molecular formula is C11H15N5O5S. The van der Waals surface area contributed by atoms with Crippen molar-refractivity contribution in [1.29, 1.82) is 0 Å². The summed E-state index contributed by atoms with van der Waals surface area (Å²) in [4.78, 5) is 17.6. The van der Waals surface area contributed by atoms with Gasteiger partial charge in [0, 0.05) is 5.75 Å². The van der Waals surface area contributed by atoms with Crippen LogP contribution in [0, 0.1) is 0 Å². The molecule has 1 fully saturated rings. The maximum Gasteiger partial charge on any atom is 0.254 e. The number of hydrogen-bond donors (Lipinski definition) is 5. The summed E-state index contributed by atoms with van der Waals surface area (Å²) in [5.41, 5.74) is 6.90. The molecule has 1 aliphatic rings. The van der Waals surface area contributed by atoms with Crippen LogP contribution in [0.3, 0.4) is 0 Å². The normalized spacial score (nSPS) is 28.4. The zero-order valence-corrected chi connectivity index (χ0v) is 12.2. The number of imidazole rings is 1. The largest absolute Gasteiger partial charge is 0.394 e. The summed E-state index contributed by atoms with van der Waals surface area (Å²) >= 11 is 4.15. The maximum atomic E-state index is 9.87. The standard InChI is InChI=1S/C11H15N5O5S/c12-11-14-4(2-22)6-9(15-11)16(3-13-6)21-10-8(19)7(18)5(1-17)20-10/h3,5,7-8,10,17-19,22H,1-2H2,(H2,12,14,15)/t5-,7-,8-,10+/m1/s1. The average molecular weight is 329 g/mol. The Morgan fingerprint density at radius 3 is 2.77 bits per heavy atom. The molecule has 2 aromatic heterocycles. The molecule has 0 saturated carbocycles. The predicted octanol–water partition coefficient (Wildman–Crippen LogP) is -2.29. The number of nitrogens with two attached hydrogens (primary N) is 1. The molecule has 10 nitrogen and oxygen atoms in total. The lowest BCUT2D eigenvalue weighted by molar-refractivity contribution is -0.169. The summed E-state index contributed by atoms with van der Waals surface area (Å²) in [7, 11) is 0. The van der Waals surface area contributed by atoms with Crippen molar-refractivity contribution in [1.82, 2.24) is 19.7 Å². The number of nitrogens with zero attached hydrogens (tertiary/aromatic N) is 4. The van der Waals surface area contributed by atoms with Crippen molar-refractivity contribution in [3.05, 3.63) is 12.0 Å². The molecular weight excluding hydrogens is 314 g/mol. The number of fused-ring (bicyclic) bond motifs is 1. The van der Waals surface area contributed by atoms with E-state index >= 15 is 0 Å². The van der Waals surface area contributed by atoms with Gasteiger partial charge in [-0.3, -0.25) is 0 Å². The first-order valence-electron chi connectivity index (χ1n) is 6.45. The van der Waals surface area contributed by atoms with Gasteiger partial charge in [-0.05, 0) is 0 Å². The van der Waals surface area contributed by atoms with E-state index in [4.69, 9.17) is 20.4 Å². The topological polar surface area (TPSA) is 149 Å². The Balaban J connectivity index is 1.90. The summed E-state index contributed by atoms with van der Waals surface area (Å²) in [5, 5.41) is 28.6. The zero-order chi connectivity index (χ0) is 15.9. The lowest BCUT2D eigenvalue weighted by Crippen LogP contribution is -2.38. The van der Waals surface area contributed by atoms with Gasteiger partial charge in [-0.1, -0.05) is 0 Å². The van der Waals surface area contributed by atoms with Crippen LogP contribution < -0.4 is 10.6 Å². The summed E-state index contributed by atoms with van der Waals surface area (Å²) in [6, 6.07) is 0. The van der Waals surface area contributed by atoms with E-state index in [9.17, 15) is 10.2 Å². The molecule has 0 aliphatic carbocycles. The van der Waals surface area contributed by atoms with Gasteiger partial charge < -0.3 is 30.6 Å². The quantitative estimate of drug-likeness (QED) is 0.391. The molecule has 1 saturated heterocycles. The van der Waals surface area contributed by atoms with Gasteiger partial charge in [0.2, 0.25) is 11.6 Å². The van der Waals surface area contributed by atoms with E-state index in [-0.39, 0.29) is 11.6 Å². The summed E-state index contributed by atoms with van der Waals surface area (Å²) < 4.78 is 6.40. The highest BCUT2D eigenvalue weighted by Gasteiger charge is 2.44. The molecule has 0 bridgehead atoms. The monoisotopic (exact) mass is 329 g/mol. The van der Waals surface area contributed by atoms with Crippen LogP contribution in [0.2, 0.25) is 0 Å². The van der Waals surface area contributed by atoms with Crippen LogP contribution in [0.1, 0.15) is 5.69 Å². The molecule has 0 unspecified atom stereocenters. The zero-order valence-electron chi connectivity index (χ0n) is 11.3. The van der Waals surface area contributed by atoms with E-state index in [0.29, 0.717) is 17.0 Å².